The first-order valence-corrected chi connectivity index (χ1v) is 9.20. The Kier molecular flexibility index (Phi) is 5.03. The monoisotopic (exact) mass is 360 g/mol. The molecule has 5 heteroatoms. The van der Waals surface area contributed by atoms with Crippen molar-refractivity contribution in [2.24, 2.45) is 4.99 Å². The molecule has 0 amide bonds. The molecule has 1 aromatic heterocycles. The highest BCUT2D eigenvalue weighted by molar-refractivity contribution is 6.09. The molecule has 138 valence electrons. The van der Waals surface area contributed by atoms with Crippen LogP contribution in [0.4, 0.5) is 0 Å². The van der Waals surface area contributed by atoms with Gasteiger partial charge in [-0.25, -0.2) is 4.99 Å². The van der Waals surface area contributed by atoms with Crippen molar-refractivity contribution in [1.29, 1.82) is 0 Å². The second-order valence-corrected chi connectivity index (χ2v) is 6.79. The molecule has 1 unspecified atom stereocenters. The van der Waals surface area contributed by atoms with E-state index in [0.717, 1.165) is 36.5 Å². The average Bonchev–Trinajstić information content (AvgIpc) is 2.75. The van der Waals surface area contributed by atoms with E-state index < -0.39 is 0 Å². The molecular formula is C22H24N4O. The maximum absolute atomic E-state index is 5.27. The zero-order valence-electron chi connectivity index (χ0n) is 15.7. The summed E-state index contributed by atoms with van der Waals surface area (Å²) in [6.45, 7) is 1.87. The Morgan fingerprint density at radius 3 is 2.56 bits per heavy atom. The summed E-state index contributed by atoms with van der Waals surface area (Å²) in [4.78, 5) is 13.7. The number of ether oxygens (including phenoxy) is 1. The largest absolute Gasteiger partial charge is 0.497 e. The molecule has 0 N–H and O–H groups in total. The Morgan fingerprint density at radius 1 is 1.04 bits per heavy atom. The fraction of sp³-hybridized carbons (Fsp3) is 0.273. The number of pyridine rings is 1. The van der Waals surface area contributed by atoms with Gasteiger partial charge in [-0.2, -0.15) is 0 Å². The van der Waals surface area contributed by atoms with E-state index in [-0.39, 0.29) is 6.29 Å². The van der Waals surface area contributed by atoms with Gasteiger partial charge in [0, 0.05) is 44.3 Å². The molecule has 27 heavy (non-hydrogen) atoms. The van der Waals surface area contributed by atoms with Gasteiger partial charge in [0.1, 0.15) is 5.75 Å². The third-order valence-electron chi connectivity index (χ3n) is 5.03. The number of aromatic nitrogens is 1. The predicted molar refractivity (Wildman–Crippen MR) is 109 cm³/mol. The van der Waals surface area contributed by atoms with E-state index in [1.165, 1.54) is 11.1 Å². The Bertz CT molecular complexity index is 871. The molecule has 5 nitrogen and oxygen atoms in total. The number of rotatable bonds is 4. The highest BCUT2D eigenvalue weighted by Gasteiger charge is 2.26. The van der Waals surface area contributed by atoms with Gasteiger partial charge in [0.2, 0.25) is 0 Å². The third-order valence-corrected chi connectivity index (χ3v) is 5.03. The minimum absolute atomic E-state index is 0.000105. The molecule has 0 saturated carbocycles. The smallest absolute Gasteiger partial charge is 0.179 e. The van der Waals surface area contributed by atoms with Crippen molar-refractivity contribution in [2.75, 3.05) is 27.2 Å². The highest BCUT2D eigenvalue weighted by atomic mass is 16.5. The van der Waals surface area contributed by atoms with E-state index in [4.69, 9.17) is 9.73 Å². The van der Waals surface area contributed by atoms with Crippen LogP contribution in [0.5, 0.6) is 5.75 Å². The van der Waals surface area contributed by atoms with Crippen molar-refractivity contribution in [3.63, 3.8) is 0 Å². The van der Waals surface area contributed by atoms with Gasteiger partial charge in [-0.1, -0.05) is 18.2 Å². The van der Waals surface area contributed by atoms with Crippen LogP contribution < -0.4 is 4.74 Å². The zero-order valence-corrected chi connectivity index (χ0v) is 15.7. The zero-order chi connectivity index (χ0) is 18.6. The van der Waals surface area contributed by atoms with Crippen molar-refractivity contribution in [3.8, 4) is 5.75 Å². The number of benzene rings is 1. The fourth-order valence-electron chi connectivity index (χ4n) is 3.53. The molecule has 0 aliphatic carbocycles. The SMILES string of the molecule is COc1ccc(C2=CCCN(C3N=C(c4ccncc4)C=CN3C)C2)cc1. The average molecular weight is 360 g/mol. The number of hydrogen-bond donors (Lipinski definition) is 0. The Balaban J connectivity index is 1.55. The molecule has 0 bridgehead atoms. The van der Waals surface area contributed by atoms with E-state index in [0.29, 0.717) is 0 Å². The van der Waals surface area contributed by atoms with Crippen molar-refractivity contribution < 1.29 is 4.74 Å². The molecule has 3 heterocycles. The molecular weight excluding hydrogens is 336 g/mol. The summed E-state index contributed by atoms with van der Waals surface area (Å²) in [6, 6.07) is 12.3. The second-order valence-electron chi connectivity index (χ2n) is 6.79. The minimum Gasteiger partial charge on any atom is -0.497 e. The van der Waals surface area contributed by atoms with Gasteiger partial charge in [0.25, 0.3) is 0 Å². The van der Waals surface area contributed by atoms with Crippen LogP contribution in [0.2, 0.25) is 0 Å². The first kappa shape index (κ1) is 17.5. The van der Waals surface area contributed by atoms with Crippen molar-refractivity contribution in [3.05, 3.63) is 78.3 Å². The summed E-state index contributed by atoms with van der Waals surface area (Å²) >= 11 is 0. The lowest BCUT2D eigenvalue weighted by Crippen LogP contribution is -2.47. The third kappa shape index (κ3) is 3.78. The molecule has 0 fully saturated rings. The Hall–Kier alpha value is -2.92. The van der Waals surface area contributed by atoms with Crippen molar-refractivity contribution in [1.82, 2.24) is 14.8 Å². The topological polar surface area (TPSA) is 41.0 Å². The number of hydrogen-bond acceptors (Lipinski definition) is 5. The van der Waals surface area contributed by atoms with Crippen LogP contribution in [0, 0.1) is 0 Å². The van der Waals surface area contributed by atoms with E-state index in [2.05, 4.69) is 52.3 Å². The molecule has 0 spiro atoms. The van der Waals surface area contributed by atoms with Crippen LogP contribution >= 0.6 is 0 Å². The van der Waals surface area contributed by atoms with Gasteiger partial charge >= 0.3 is 0 Å². The lowest BCUT2D eigenvalue weighted by atomic mass is 10.0. The lowest BCUT2D eigenvalue weighted by Gasteiger charge is -2.38. The van der Waals surface area contributed by atoms with Gasteiger partial charge in [-0.15, -0.1) is 0 Å². The van der Waals surface area contributed by atoms with Crippen LogP contribution in [0.3, 0.4) is 0 Å². The molecule has 2 aliphatic heterocycles. The summed E-state index contributed by atoms with van der Waals surface area (Å²) in [5, 5.41) is 0. The molecule has 2 aromatic rings. The first-order valence-electron chi connectivity index (χ1n) is 9.20. The van der Waals surface area contributed by atoms with Crippen LogP contribution in [0.1, 0.15) is 17.5 Å². The van der Waals surface area contributed by atoms with Gasteiger partial charge in [0.05, 0.1) is 12.8 Å². The Labute approximate surface area is 160 Å². The second kappa shape index (κ2) is 7.76. The molecule has 0 radical (unpaired) electrons. The van der Waals surface area contributed by atoms with Crippen molar-refractivity contribution in [2.45, 2.75) is 12.7 Å². The lowest BCUT2D eigenvalue weighted by molar-refractivity contribution is 0.111. The molecule has 0 saturated heterocycles. The maximum Gasteiger partial charge on any atom is 0.179 e. The van der Waals surface area contributed by atoms with Crippen LogP contribution in [0.15, 0.2) is 72.1 Å². The van der Waals surface area contributed by atoms with E-state index >= 15 is 0 Å². The maximum atomic E-state index is 5.27. The molecule has 1 atom stereocenters. The minimum atomic E-state index is 0.000105. The number of nitrogens with zero attached hydrogens (tertiary/aromatic N) is 4. The summed E-state index contributed by atoms with van der Waals surface area (Å²) in [6.07, 6.45) is 11.2. The van der Waals surface area contributed by atoms with E-state index in [1.807, 2.05) is 36.7 Å². The predicted octanol–water partition coefficient (Wildman–Crippen LogP) is 3.41. The highest BCUT2D eigenvalue weighted by Crippen LogP contribution is 2.26. The van der Waals surface area contributed by atoms with Gasteiger partial charge in [-0.05, 0) is 47.9 Å². The Morgan fingerprint density at radius 2 is 1.81 bits per heavy atom. The summed E-state index contributed by atoms with van der Waals surface area (Å²) in [5.41, 5.74) is 4.68. The molecule has 1 aromatic carbocycles. The van der Waals surface area contributed by atoms with Gasteiger partial charge in [0.15, 0.2) is 6.29 Å². The van der Waals surface area contributed by atoms with Gasteiger partial charge < -0.3 is 9.64 Å². The number of aliphatic imine (C=N–C) groups is 1. The molecule has 2 aliphatic rings. The van der Waals surface area contributed by atoms with Crippen LogP contribution in [0.25, 0.3) is 5.57 Å². The summed E-state index contributed by atoms with van der Waals surface area (Å²) in [7, 11) is 3.78. The van der Waals surface area contributed by atoms with Crippen LogP contribution in [-0.4, -0.2) is 54.0 Å². The quantitative estimate of drug-likeness (QED) is 0.838. The summed E-state index contributed by atoms with van der Waals surface area (Å²) in [5.74, 6) is 0.885. The fourth-order valence-corrected chi connectivity index (χ4v) is 3.53. The van der Waals surface area contributed by atoms with Gasteiger partial charge in [-0.3, -0.25) is 9.88 Å². The standard InChI is InChI=1S/C22H24N4O/c1-25-15-11-21(18-9-12-23-13-10-18)24-22(25)26-14-3-4-19(16-26)17-5-7-20(27-2)8-6-17/h4-13,15,22H,3,14,16H2,1-2H3. The normalized spacial score (nSPS) is 20.2. The first-order chi connectivity index (χ1) is 13.2. The van der Waals surface area contributed by atoms with Crippen LogP contribution in [-0.2, 0) is 0 Å². The number of methoxy groups -OCH3 is 1. The summed E-state index contributed by atoms with van der Waals surface area (Å²) < 4.78 is 5.27. The number of allylic oxidation sites excluding steroid dienone is 1. The van der Waals surface area contributed by atoms with Crippen molar-refractivity contribution >= 4 is 11.3 Å². The van der Waals surface area contributed by atoms with E-state index in [9.17, 15) is 0 Å². The molecule has 4 rings (SSSR count). The van der Waals surface area contributed by atoms with E-state index in [1.54, 1.807) is 7.11 Å².